The van der Waals surface area contributed by atoms with Crippen LogP contribution in [0.3, 0.4) is 0 Å². The molecule has 0 aliphatic carbocycles. The molecule has 0 heterocycles. The Labute approximate surface area is 134 Å². The van der Waals surface area contributed by atoms with Crippen LogP contribution in [0.5, 0.6) is 0 Å². The van der Waals surface area contributed by atoms with Crippen molar-refractivity contribution in [2.75, 3.05) is 5.32 Å². The molecule has 21 heavy (non-hydrogen) atoms. The van der Waals surface area contributed by atoms with E-state index in [1.165, 1.54) is 0 Å². The summed E-state index contributed by atoms with van der Waals surface area (Å²) in [5.74, 6) is -0.261. The van der Waals surface area contributed by atoms with Crippen LogP contribution in [-0.2, 0) is 0 Å². The van der Waals surface area contributed by atoms with Crippen molar-refractivity contribution < 1.29 is 4.79 Å². The zero-order chi connectivity index (χ0) is 15.6. The molecule has 108 valence electrons. The fraction of sp³-hybridized carbons (Fsp3) is 0.125. The maximum Gasteiger partial charge on any atom is 0.257 e. The minimum atomic E-state index is -0.261. The Bertz CT molecular complexity index is 728. The van der Waals surface area contributed by atoms with Gasteiger partial charge in [-0.3, -0.25) is 4.79 Å². The summed E-state index contributed by atoms with van der Waals surface area (Å²) in [5, 5.41) is 3.27. The molecule has 2 aromatic carbocycles. The Hall–Kier alpha value is -1.91. The highest BCUT2D eigenvalue weighted by atomic mass is 35.5. The third-order valence-electron chi connectivity index (χ3n) is 3.14. The van der Waals surface area contributed by atoms with Crippen LogP contribution in [0.15, 0.2) is 36.4 Å². The average Bonchev–Trinajstić information content (AvgIpc) is 2.40. The van der Waals surface area contributed by atoms with Gasteiger partial charge in [0.2, 0.25) is 0 Å². The number of hydrogen-bond acceptors (Lipinski definition) is 2. The van der Waals surface area contributed by atoms with Gasteiger partial charge in [-0.15, -0.1) is 0 Å². The van der Waals surface area contributed by atoms with E-state index in [0.29, 0.717) is 26.8 Å². The Kier molecular flexibility index (Phi) is 4.60. The lowest BCUT2D eigenvalue weighted by Gasteiger charge is -2.11. The van der Waals surface area contributed by atoms with E-state index in [-0.39, 0.29) is 5.91 Å². The van der Waals surface area contributed by atoms with Gasteiger partial charge in [-0.25, -0.2) is 0 Å². The number of hydrogen-bond donors (Lipinski definition) is 2. The van der Waals surface area contributed by atoms with Gasteiger partial charge in [-0.2, -0.15) is 0 Å². The van der Waals surface area contributed by atoms with Gasteiger partial charge in [0.15, 0.2) is 0 Å². The fourth-order valence-corrected chi connectivity index (χ4v) is 2.35. The molecule has 0 aliphatic heterocycles. The summed E-state index contributed by atoms with van der Waals surface area (Å²) >= 11 is 11.1. The zero-order valence-electron chi connectivity index (χ0n) is 11.7. The van der Waals surface area contributed by atoms with E-state index in [0.717, 1.165) is 11.1 Å². The number of rotatable bonds is 3. The number of halogens is 1. The topological polar surface area (TPSA) is 55.1 Å². The van der Waals surface area contributed by atoms with Gasteiger partial charge in [-0.05, 0) is 43.2 Å². The average molecular weight is 319 g/mol. The number of nitrogens with one attached hydrogen (secondary N) is 1. The molecule has 0 spiro atoms. The van der Waals surface area contributed by atoms with Crippen molar-refractivity contribution in [2.24, 2.45) is 5.73 Å². The molecular weight excluding hydrogens is 304 g/mol. The second-order valence-corrected chi connectivity index (χ2v) is 5.68. The van der Waals surface area contributed by atoms with E-state index in [9.17, 15) is 4.79 Å². The number of anilines is 1. The van der Waals surface area contributed by atoms with Gasteiger partial charge in [0, 0.05) is 11.3 Å². The largest absolute Gasteiger partial charge is 0.389 e. The van der Waals surface area contributed by atoms with Crippen molar-refractivity contribution in [1.29, 1.82) is 0 Å². The second-order valence-electron chi connectivity index (χ2n) is 4.83. The van der Waals surface area contributed by atoms with Crippen LogP contribution in [0, 0.1) is 13.8 Å². The summed E-state index contributed by atoms with van der Waals surface area (Å²) in [6.07, 6.45) is 0. The quantitative estimate of drug-likeness (QED) is 0.845. The fourth-order valence-electron chi connectivity index (χ4n) is 1.90. The van der Waals surface area contributed by atoms with Crippen molar-refractivity contribution in [1.82, 2.24) is 0 Å². The molecule has 3 N–H and O–H groups in total. The minimum absolute atomic E-state index is 0.261. The molecule has 0 radical (unpaired) electrons. The molecule has 2 rings (SSSR count). The van der Waals surface area contributed by atoms with E-state index in [4.69, 9.17) is 29.6 Å². The summed E-state index contributed by atoms with van der Waals surface area (Å²) in [6.45, 7) is 3.82. The van der Waals surface area contributed by atoms with Crippen molar-refractivity contribution >= 4 is 40.4 Å². The van der Waals surface area contributed by atoms with E-state index < -0.39 is 0 Å². The molecule has 0 aromatic heterocycles. The molecule has 0 aliphatic rings. The van der Waals surface area contributed by atoms with E-state index in [2.05, 4.69) is 5.32 Å². The minimum Gasteiger partial charge on any atom is -0.389 e. The van der Waals surface area contributed by atoms with E-state index >= 15 is 0 Å². The first-order chi connectivity index (χ1) is 9.88. The predicted octanol–water partition coefficient (Wildman–Crippen LogP) is 3.84. The molecular formula is C16H15ClN2OS. The summed E-state index contributed by atoms with van der Waals surface area (Å²) in [7, 11) is 0. The van der Waals surface area contributed by atoms with Crippen molar-refractivity contribution in [2.45, 2.75) is 13.8 Å². The van der Waals surface area contributed by atoms with E-state index in [1.807, 2.05) is 32.0 Å². The van der Waals surface area contributed by atoms with Crippen LogP contribution in [-0.4, -0.2) is 10.9 Å². The molecule has 0 saturated carbocycles. The Morgan fingerprint density at radius 2 is 1.90 bits per heavy atom. The molecule has 3 nitrogen and oxygen atoms in total. The van der Waals surface area contributed by atoms with Crippen molar-refractivity contribution in [3.05, 3.63) is 63.7 Å². The summed E-state index contributed by atoms with van der Waals surface area (Å²) in [4.78, 5) is 12.6. The number of thiocarbonyl (C=S) groups is 1. The number of carbonyl (C=O) groups is 1. The first-order valence-corrected chi connectivity index (χ1v) is 7.15. The predicted molar refractivity (Wildman–Crippen MR) is 91.2 cm³/mol. The summed E-state index contributed by atoms with van der Waals surface area (Å²) in [5.41, 5.74) is 9.35. The van der Waals surface area contributed by atoms with Crippen LogP contribution < -0.4 is 11.1 Å². The highest BCUT2D eigenvalue weighted by molar-refractivity contribution is 7.80. The van der Waals surface area contributed by atoms with E-state index in [1.54, 1.807) is 18.2 Å². The highest BCUT2D eigenvalue weighted by Gasteiger charge is 2.12. The Morgan fingerprint density at radius 3 is 2.52 bits per heavy atom. The molecule has 2 aromatic rings. The Balaban J connectivity index is 2.31. The molecule has 1 amide bonds. The summed E-state index contributed by atoms with van der Waals surface area (Å²) in [6, 6.07) is 10.8. The smallest absolute Gasteiger partial charge is 0.257 e. The van der Waals surface area contributed by atoms with Crippen LogP contribution >= 0.6 is 23.8 Å². The van der Waals surface area contributed by atoms with Crippen LogP contribution in [0.1, 0.15) is 27.0 Å². The lowest BCUT2D eigenvalue weighted by molar-refractivity contribution is 0.102. The van der Waals surface area contributed by atoms with Crippen molar-refractivity contribution in [3.8, 4) is 0 Å². The number of carbonyl (C=O) groups excluding carboxylic acids is 1. The third-order valence-corrected chi connectivity index (χ3v) is 3.69. The maximum atomic E-state index is 12.3. The molecule has 0 unspecified atom stereocenters. The highest BCUT2D eigenvalue weighted by Crippen LogP contribution is 2.21. The monoisotopic (exact) mass is 318 g/mol. The second kappa shape index (κ2) is 6.24. The number of aryl methyl sites for hydroxylation is 2. The van der Waals surface area contributed by atoms with Gasteiger partial charge in [0.05, 0.1) is 10.6 Å². The van der Waals surface area contributed by atoms with Crippen LogP contribution in [0.2, 0.25) is 5.02 Å². The third kappa shape index (κ3) is 3.60. The lowest BCUT2D eigenvalue weighted by atomic mass is 10.1. The molecule has 5 heteroatoms. The van der Waals surface area contributed by atoms with Gasteiger partial charge in [0.25, 0.3) is 5.91 Å². The molecule has 0 fully saturated rings. The molecule has 0 saturated heterocycles. The molecule has 0 bridgehead atoms. The number of nitrogens with two attached hydrogens (primary N) is 1. The number of benzene rings is 2. The van der Waals surface area contributed by atoms with Gasteiger partial charge >= 0.3 is 0 Å². The van der Waals surface area contributed by atoms with Crippen LogP contribution in [0.4, 0.5) is 5.69 Å². The molecule has 0 atom stereocenters. The first-order valence-electron chi connectivity index (χ1n) is 6.36. The van der Waals surface area contributed by atoms with Gasteiger partial charge in [0.1, 0.15) is 4.99 Å². The van der Waals surface area contributed by atoms with Gasteiger partial charge < -0.3 is 11.1 Å². The van der Waals surface area contributed by atoms with Crippen molar-refractivity contribution in [3.63, 3.8) is 0 Å². The lowest BCUT2D eigenvalue weighted by Crippen LogP contribution is -2.15. The Morgan fingerprint density at radius 1 is 1.19 bits per heavy atom. The number of amides is 1. The van der Waals surface area contributed by atoms with Crippen LogP contribution in [0.25, 0.3) is 0 Å². The standard InChI is InChI=1S/C16H15ClN2OS/c1-9-3-6-12(13(17)7-9)16(20)19-14-8-11(15(18)21)5-4-10(14)2/h3-8H,1-2H3,(H2,18,21)(H,19,20). The normalized spacial score (nSPS) is 10.2. The maximum absolute atomic E-state index is 12.3. The SMILES string of the molecule is Cc1ccc(C(=O)Nc2cc(C(N)=S)ccc2C)c(Cl)c1. The van der Waals surface area contributed by atoms with Gasteiger partial charge in [-0.1, -0.05) is 42.0 Å². The summed E-state index contributed by atoms with van der Waals surface area (Å²) < 4.78 is 0. The first kappa shape index (κ1) is 15.5. The zero-order valence-corrected chi connectivity index (χ0v) is 13.3.